The van der Waals surface area contributed by atoms with Gasteiger partial charge in [-0.3, -0.25) is 4.79 Å². The molecule has 0 radical (unpaired) electrons. The quantitative estimate of drug-likeness (QED) is 0.639. The van der Waals surface area contributed by atoms with Gasteiger partial charge in [-0.2, -0.15) is 0 Å². The van der Waals surface area contributed by atoms with Crippen molar-refractivity contribution in [1.82, 2.24) is 0 Å². The van der Waals surface area contributed by atoms with Crippen LogP contribution in [0, 0.1) is 5.92 Å². The number of unbranched alkanes of at least 4 members (excludes halogenated alkanes) is 2. The molecule has 1 aromatic rings. The molecule has 94 valence electrons. The zero-order valence-electron chi connectivity index (χ0n) is 10.8. The molecule has 0 atom stereocenters. The second-order valence-corrected chi connectivity index (χ2v) is 4.59. The number of para-hydroxylation sites is 1. The summed E-state index contributed by atoms with van der Waals surface area (Å²) in [5.74, 6) is 1.47. The molecule has 2 nitrogen and oxygen atoms in total. The number of Topliss-reactive ketones (excluding diaryl/α,β-unsaturated/α-hetero) is 1. The van der Waals surface area contributed by atoms with E-state index < -0.39 is 0 Å². The van der Waals surface area contributed by atoms with Gasteiger partial charge < -0.3 is 4.74 Å². The summed E-state index contributed by atoms with van der Waals surface area (Å²) >= 11 is 0. The molecule has 2 heteroatoms. The Morgan fingerprint density at radius 1 is 1.12 bits per heavy atom. The highest BCUT2D eigenvalue weighted by Crippen LogP contribution is 2.10. The van der Waals surface area contributed by atoms with E-state index in [0.29, 0.717) is 12.2 Å². The van der Waals surface area contributed by atoms with E-state index in [4.69, 9.17) is 4.74 Å². The van der Waals surface area contributed by atoms with Crippen LogP contribution in [0.25, 0.3) is 0 Å². The van der Waals surface area contributed by atoms with Gasteiger partial charge in [0, 0.05) is 12.3 Å². The van der Waals surface area contributed by atoms with E-state index in [9.17, 15) is 4.79 Å². The first-order chi connectivity index (χ1) is 8.20. The Hall–Kier alpha value is -1.31. The maximum Gasteiger partial charge on any atom is 0.135 e. The number of ketones is 1. The van der Waals surface area contributed by atoms with E-state index in [-0.39, 0.29) is 5.92 Å². The average Bonchev–Trinajstić information content (AvgIpc) is 2.34. The second-order valence-electron chi connectivity index (χ2n) is 4.59. The van der Waals surface area contributed by atoms with Gasteiger partial charge in [-0.05, 0) is 31.4 Å². The van der Waals surface area contributed by atoms with Crippen LogP contribution in [0.2, 0.25) is 0 Å². The van der Waals surface area contributed by atoms with Crippen LogP contribution in [0.15, 0.2) is 30.3 Å². The van der Waals surface area contributed by atoms with Crippen LogP contribution in [0.5, 0.6) is 5.75 Å². The molecule has 1 rings (SSSR count). The predicted molar refractivity (Wildman–Crippen MR) is 70.3 cm³/mol. The van der Waals surface area contributed by atoms with E-state index in [1.54, 1.807) is 0 Å². The molecule has 0 heterocycles. The standard InChI is InChI=1S/C15H22O2/c1-13(2)15(16)11-7-4-8-12-17-14-9-5-3-6-10-14/h3,5-6,9-10,13H,4,7-8,11-12H2,1-2H3. The summed E-state index contributed by atoms with van der Waals surface area (Å²) in [6.07, 6.45) is 3.77. The molecule has 0 aliphatic carbocycles. The molecule has 17 heavy (non-hydrogen) atoms. The molecular formula is C15H22O2. The number of carbonyl (C=O) groups is 1. The summed E-state index contributed by atoms with van der Waals surface area (Å²) in [5.41, 5.74) is 0. The van der Waals surface area contributed by atoms with Gasteiger partial charge in [0.15, 0.2) is 0 Å². The highest BCUT2D eigenvalue weighted by Gasteiger charge is 2.05. The van der Waals surface area contributed by atoms with Gasteiger partial charge in [-0.15, -0.1) is 0 Å². The first kappa shape index (κ1) is 13.8. The lowest BCUT2D eigenvalue weighted by molar-refractivity contribution is -0.122. The zero-order valence-corrected chi connectivity index (χ0v) is 10.8. The molecule has 0 saturated heterocycles. The van der Waals surface area contributed by atoms with Crippen LogP contribution in [-0.2, 0) is 4.79 Å². The van der Waals surface area contributed by atoms with E-state index in [1.165, 1.54) is 0 Å². The minimum atomic E-state index is 0.176. The monoisotopic (exact) mass is 234 g/mol. The minimum absolute atomic E-state index is 0.176. The van der Waals surface area contributed by atoms with Crippen molar-refractivity contribution in [3.8, 4) is 5.75 Å². The largest absolute Gasteiger partial charge is 0.494 e. The van der Waals surface area contributed by atoms with Crippen molar-refractivity contribution in [2.45, 2.75) is 39.5 Å². The molecule has 1 aromatic carbocycles. The molecule has 0 amide bonds. The minimum Gasteiger partial charge on any atom is -0.494 e. The van der Waals surface area contributed by atoms with Crippen molar-refractivity contribution in [2.75, 3.05) is 6.61 Å². The van der Waals surface area contributed by atoms with E-state index in [2.05, 4.69) is 0 Å². The Morgan fingerprint density at radius 3 is 2.47 bits per heavy atom. The van der Waals surface area contributed by atoms with Crippen LogP contribution in [0.3, 0.4) is 0 Å². The number of benzene rings is 1. The lowest BCUT2D eigenvalue weighted by Gasteiger charge is -2.06. The molecule has 0 bridgehead atoms. The Bertz CT molecular complexity index is 317. The van der Waals surface area contributed by atoms with Crippen molar-refractivity contribution in [3.05, 3.63) is 30.3 Å². The van der Waals surface area contributed by atoms with Crippen LogP contribution in [0.1, 0.15) is 39.5 Å². The summed E-state index contributed by atoms with van der Waals surface area (Å²) in [6.45, 7) is 4.65. The molecule has 0 spiro atoms. The normalized spacial score (nSPS) is 10.5. The summed E-state index contributed by atoms with van der Waals surface area (Å²) in [5, 5.41) is 0. The van der Waals surface area contributed by atoms with Gasteiger partial charge in [0.1, 0.15) is 11.5 Å². The molecule has 0 unspecified atom stereocenters. The van der Waals surface area contributed by atoms with Crippen molar-refractivity contribution >= 4 is 5.78 Å². The molecule has 0 N–H and O–H groups in total. The summed E-state index contributed by atoms with van der Waals surface area (Å²) in [7, 11) is 0. The third-order valence-electron chi connectivity index (χ3n) is 2.72. The van der Waals surface area contributed by atoms with Crippen molar-refractivity contribution in [1.29, 1.82) is 0 Å². The first-order valence-electron chi connectivity index (χ1n) is 6.40. The molecule has 0 aliphatic heterocycles. The fraction of sp³-hybridized carbons (Fsp3) is 0.533. The highest BCUT2D eigenvalue weighted by atomic mass is 16.5. The fourth-order valence-corrected chi connectivity index (χ4v) is 1.57. The number of hydrogen-bond donors (Lipinski definition) is 0. The van der Waals surface area contributed by atoms with Crippen LogP contribution >= 0.6 is 0 Å². The summed E-state index contributed by atoms with van der Waals surface area (Å²) < 4.78 is 5.58. The predicted octanol–water partition coefficient (Wildman–Crippen LogP) is 3.85. The molecule has 0 fully saturated rings. The molecule has 0 aliphatic rings. The Kier molecular flexibility index (Phi) is 6.38. The lowest BCUT2D eigenvalue weighted by atomic mass is 10.0. The van der Waals surface area contributed by atoms with E-state index >= 15 is 0 Å². The third-order valence-corrected chi connectivity index (χ3v) is 2.72. The van der Waals surface area contributed by atoms with Gasteiger partial charge in [-0.25, -0.2) is 0 Å². The van der Waals surface area contributed by atoms with Gasteiger partial charge in [0.25, 0.3) is 0 Å². The second kappa shape index (κ2) is 7.88. The average molecular weight is 234 g/mol. The lowest BCUT2D eigenvalue weighted by Crippen LogP contribution is -2.06. The topological polar surface area (TPSA) is 26.3 Å². The van der Waals surface area contributed by atoms with Crippen LogP contribution in [-0.4, -0.2) is 12.4 Å². The van der Waals surface area contributed by atoms with Gasteiger partial charge in [0.2, 0.25) is 0 Å². The SMILES string of the molecule is CC(C)C(=O)CCCCCOc1ccccc1. The Labute approximate surface area is 104 Å². The summed E-state index contributed by atoms with van der Waals surface area (Å²) in [4.78, 5) is 11.4. The zero-order chi connectivity index (χ0) is 12.5. The number of carbonyl (C=O) groups excluding carboxylic acids is 1. The number of hydrogen-bond acceptors (Lipinski definition) is 2. The Balaban J connectivity index is 2.00. The number of ether oxygens (including phenoxy) is 1. The molecule has 0 aromatic heterocycles. The maximum absolute atomic E-state index is 11.4. The Morgan fingerprint density at radius 2 is 1.82 bits per heavy atom. The number of rotatable bonds is 8. The molecular weight excluding hydrogens is 212 g/mol. The van der Waals surface area contributed by atoms with Crippen LogP contribution in [0.4, 0.5) is 0 Å². The van der Waals surface area contributed by atoms with Crippen LogP contribution < -0.4 is 4.74 Å². The highest BCUT2D eigenvalue weighted by molar-refractivity contribution is 5.80. The van der Waals surface area contributed by atoms with Crippen molar-refractivity contribution in [3.63, 3.8) is 0 Å². The van der Waals surface area contributed by atoms with Crippen molar-refractivity contribution in [2.24, 2.45) is 5.92 Å². The van der Waals surface area contributed by atoms with Crippen molar-refractivity contribution < 1.29 is 9.53 Å². The van der Waals surface area contributed by atoms with Gasteiger partial charge in [-0.1, -0.05) is 32.0 Å². The van der Waals surface area contributed by atoms with Gasteiger partial charge >= 0.3 is 0 Å². The molecule has 0 saturated carbocycles. The van der Waals surface area contributed by atoms with E-state index in [1.807, 2.05) is 44.2 Å². The third kappa shape index (κ3) is 6.10. The maximum atomic E-state index is 11.4. The van der Waals surface area contributed by atoms with Gasteiger partial charge in [0.05, 0.1) is 6.61 Å². The first-order valence-corrected chi connectivity index (χ1v) is 6.40. The fourth-order valence-electron chi connectivity index (χ4n) is 1.57. The van der Waals surface area contributed by atoms with E-state index in [0.717, 1.165) is 31.6 Å². The smallest absolute Gasteiger partial charge is 0.135 e. The summed E-state index contributed by atoms with van der Waals surface area (Å²) in [6, 6.07) is 9.84.